The van der Waals surface area contributed by atoms with Crippen LogP contribution in [0, 0.1) is 5.92 Å². The highest BCUT2D eigenvalue weighted by Crippen LogP contribution is 2.22. The van der Waals surface area contributed by atoms with E-state index in [0.29, 0.717) is 24.9 Å². The molecule has 2 heterocycles. The van der Waals surface area contributed by atoms with E-state index in [1.165, 1.54) is 6.20 Å². The summed E-state index contributed by atoms with van der Waals surface area (Å²) < 4.78 is 26.5. The van der Waals surface area contributed by atoms with Crippen molar-refractivity contribution in [2.45, 2.75) is 37.1 Å². The molecule has 4 nitrogen and oxygen atoms in total. The van der Waals surface area contributed by atoms with Crippen molar-refractivity contribution in [2.24, 2.45) is 5.92 Å². The zero-order valence-electron chi connectivity index (χ0n) is 11.0. The minimum atomic E-state index is -3.45. The van der Waals surface area contributed by atoms with Crippen LogP contribution in [0.25, 0.3) is 0 Å². The summed E-state index contributed by atoms with van der Waals surface area (Å²) in [5.41, 5.74) is 0.824. The SMILES string of the molecule is CC1CCCN(S(=O)(=O)c2ccc(CCl)cn2)CC1. The molecule has 0 aliphatic carbocycles. The molecule has 1 fully saturated rings. The number of nitrogens with zero attached hydrogens (tertiary/aromatic N) is 2. The van der Waals surface area contributed by atoms with Crippen molar-refractivity contribution in [1.29, 1.82) is 0 Å². The summed E-state index contributed by atoms with van der Waals surface area (Å²) in [6.45, 7) is 3.34. The molecule has 6 heteroatoms. The van der Waals surface area contributed by atoms with Gasteiger partial charge in [-0.05, 0) is 36.8 Å². The number of hydrogen-bond acceptors (Lipinski definition) is 3. The van der Waals surface area contributed by atoms with Crippen molar-refractivity contribution >= 4 is 21.6 Å². The van der Waals surface area contributed by atoms with Crippen LogP contribution in [0.4, 0.5) is 0 Å². The molecule has 1 aliphatic rings. The van der Waals surface area contributed by atoms with Gasteiger partial charge in [0.1, 0.15) is 0 Å². The maximum Gasteiger partial charge on any atom is 0.260 e. The molecule has 19 heavy (non-hydrogen) atoms. The van der Waals surface area contributed by atoms with E-state index in [-0.39, 0.29) is 5.03 Å². The van der Waals surface area contributed by atoms with Crippen LogP contribution in [0.2, 0.25) is 0 Å². The predicted molar refractivity (Wildman–Crippen MR) is 75.6 cm³/mol. The Balaban J connectivity index is 2.20. The lowest BCUT2D eigenvalue weighted by Gasteiger charge is -2.19. The van der Waals surface area contributed by atoms with Gasteiger partial charge in [0, 0.05) is 25.2 Å². The molecule has 1 saturated heterocycles. The summed E-state index contributed by atoms with van der Waals surface area (Å²) >= 11 is 5.68. The van der Waals surface area contributed by atoms with Crippen molar-refractivity contribution in [3.63, 3.8) is 0 Å². The quantitative estimate of drug-likeness (QED) is 0.807. The second-order valence-corrected chi connectivity index (χ2v) is 7.23. The first-order valence-corrected chi connectivity index (χ1v) is 8.52. The third-order valence-electron chi connectivity index (χ3n) is 3.53. The highest BCUT2D eigenvalue weighted by molar-refractivity contribution is 7.89. The van der Waals surface area contributed by atoms with Crippen molar-refractivity contribution in [1.82, 2.24) is 9.29 Å². The fourth-order valence-electron chi connectivity index (χ4n) is 2.25. The highest BCUT2D eigenvalue weighted by atomic mass is 35.5. The monoisotopic (exact) mass is 302 g/mol. The molecule has 1 atom stereocenters. The molecule has 106 valence electrons. The van der Waals surface area contributed by atoms with Crippen molar-refractivity contribution < 1.29 is 8.42 Å². The van der Waals surface area contributed by atoms with Gasteiger partial charge >= 0.3 is 0 Å². The average Bonchev–Trinajstić information content (AvgIpc) is 2.64. The summed E-state index contributed by atoms with van der Waals surface area (Å²) in [5.74, 6) is 0.931. The molecule has 0 spiro atoms. The Bertz CT molecular complexity index is 516. The smallest absolute Gasteiger partial charge is 0.243 e. The second-order valence-electron chi connectivity index (χ2n) is 5.08. The number of halogens is 1. The van der Waals surface area contributed by atoms with Crippen molar-refractivity contribution in [2.75, 3.05) is 13.1 Å². The Hall–Kier alpha value is -0.650. The van der Waals surface area contributed by atoms with Gasteiger partial charge in [0.25, 0.3) is 10.0 Å². The van der Waals surface area contributed by atoms with Gasteiger partial charge in [-0.25, -0.2) is 13.4 Å². The summed E-state index contributed by atoms with van der Waals surface area (Å²) in [4.78, 5) is 4.03. The Kier molecular flexibility index (Phi) is 4.81. The Morgan fingerprint density at radius 3 is 2.79 bits per heavy atom. The molecule has 1 unspecified atom stereocenters. The van der Waals surface area contributed by atoms with Crippen LogP contribution in [-0.4, -0.2) is 30.8 Å². The lowest BCUT2D eigenvalue weighted by Crippen LogP contribution is -2.32. The van der Waals surface area contributed by atoms with Gasteiger partial charge < -0.3 is 0 Å². The van der Waals surface area contributed by atoms with E-state index < -0.39 is 10.0 Å². The minimum Gasteiger partial charge on any atom is -0.243 e. The topological polar surface area (TPSA) is 50.3 Å². The van der Waals surface area contributed by atoms with Crippen LogP contribution in [-0.2, 0) is 15.9 Å². The maximum atomic E-state index is 12.5. The van der Waals surface area contributed by atoms with Gasteiger partial charge in [0.15, 0.2) is 5.03 Å². The standard InChI is InChI=1S/C13H19ClN2O2S/c1-11-3-2-7-16(8-6-11)19(17,18)13-5-4-12(9-14)10-15-13/h4-5,10-11H,2-3,6-9H2,1H3. The number of aromatic nitrogens is 1. The van der Waals surface area contributed by atoms with Gasteiger partial charge in [0.05, 0.1) is 0 Å². The van der Waals surface area contributed by atoms with Crippen LogP contribution >= 0.6 is 11.6 Å². The van der Waals surface area contributed by atoms with Gasteiger partial charge in [-0.1, -0.05) is 13.0 Å². The van der Waals surface area contributed by atoms with E-state index in [1.807, 2.05) is 0 Å². The van der Waals surface area contributed by atoms with Crippen LogP contribution in [0.15, 0.2) is 23.4 Å². The normalized spacial score (nSPS) is 22.1. The zero-order chi connectivity index (χ0) is 13.9. The number of alkyl halides is 1. The van der Waals surface area contributed by atoms with E-state index in [1.54, 1.807) is 16.4 Å². The van der Waals surface area contributed by atoms with Gasteiger partial charge in [0.2, 0.25) is 0 Å². The van der Waals surface area contributed by atoms with E-state index in [4.69, 9.17) is 11.6 Å². The third-order valence-corrected chi connectivity index (χ3v) is 5.66. The van der Waals surface area contributed by atoms with Crippen LogP contribution in [0.3, 0.4) is 0 Å². The fourth-order valence-corrected chi connectivity index (χ4v) is 3.82. The number of rotatable bonds is 3. The molecule has 1 aliphatic heterocycles. The summed E-state index contributed by atoms with van der Waals surface area (Å²) in [7, 11) is -3.45. The molecular formula is C13H19ClN2O2S. The summed E-state index contributed by atoms with van der Waals surface area (Å²) in [5, 5.41) is 0.121. The van der Waals surface area contributed by atoms with Crippen LogP contribution in [0.1, 0.15) is 31.7 Å². The molecular weight excluding hydrogens is 284 g/mol. The van der Waals surface area contributed by atoms with Crippen molar-refractivity contribution in [3.8, 4) is 0 Å². The predicted octanol–water partition coefficient (Wildman–Crippen LogP) is 2.63. The first-order valence-electron chi connectivity index (χ1n) is 6.55. The first kappa shape index (κ1) is 14.8. The van der Waals surface area contributed by atoms with E-state index in [0.717, 1.165) is 24.8 Å². The Labute approximate surface area is 119 Å². The van der Waals surface area contributed by atoms with E-state index in [9.17, 15) is 8.42 Å². The van der Waals surface area contributed by atoms with Gasteiger partial charge in [-0.3, -0.25) is 0 Å². The van der Waals surface area contributed by atoms with Crippen LogP contribution in [0.5, 0.6) is 0 Å². The second kappa shape index (κ2) is 6.20. The number of hydrogen-bond donors (Lipinski definition) is 0. The lowest BCUT2D eigenvalue weighted by molar-refractivity contribution is 0.415. The molecule has 0 N–H and O–H groups in total. The fraction of sp³-hybridized carbons (Fsp3) is 0.615. The molecule has 0 bridgehead atoms. The molecule has 1 aromatic rings. The average molecular weight is 303 g/mol. The largest absolute Gasteiger partial charge is 0.260 e. The molecule has 0 amide bonds. The van der Waals surface area contributed by atoms with E-state index in [2.05, 4.69) is 11.9 Å². The first-order chi connectivity index (χ1) is 9.04. The molecule has 0 saturated carbocycles. The number of sulfonamides is 1. The Morgan fingerprint density at radius 1 is 1.37 bits per heavy atom. The molecule has 0 radical (unpaired) electrons. The van der Waals surface area contributed by atoms with Crippen molar-refractivity contribution in [3.05, 3.63) is 23.9 Å². The van der Waals surface area contributed by atoms with Gasteiger partial charge in [-0.2, -0.15) is 4.31 Å². The minimum absolute atomic E-state index is 0.121. The van der Waals surface area contributed by atoms with E-state index >= 15 is 0 Å². The molecule has 1 aromatic heterocycles. The highest BCUT2D eigenvalue weighted by Gasteiger charge is 2.27. The lowest BCUT2D eigenvalue weighted by atomic mass is 10.0. The summed E-state index contributed by atoms with van der Waals surface area (Å²) in [6.07, 6.45) is 4.45. The van der Waals surface area contributed by atoms with Gasteiger partial charge in [-0.15, -0.1) is 11.6 Å². The van der Waals surface area contributed by atoms with Crippen LogP contribution < -0.4 is 0 Å². The maximum absolute atomic E-state index is 12.5. The number of pyridine rings is 1. The Morgan fingerprint density at radius 2 is 2.16 bits per heavy atom. The zero-order valence-corrected chi connectivity index (χ0v) is 12.6. The molecule has 0 aromatic carbocycles. The summed E-state index contributed by atoms with van der Waals surface area (Å²) in [6, 6.07) is 3.26. The molecule has 2 rings (SSSR count). The third kappa shape index (κ3) is 3.46.